The Morgan fingerprint density at radius 1 is 1.33 bits per heavy atom. The Bertz CT molecular complexity index is 665. The van der Waals surface area contributed by atoms with Gasteiger partial charge >= 0.3 is 0 Å². The lowest BCUT2D eigenvalue weighted by Crippen LogP contribution is -2.27. The van der Waals surface area contributed by atoms with Gasteiger partial charge in [-0.15, -0.1) is 0 Å². The highest BCUT2D eigenvalue weighted by Crippen LogP contribution is 2.23. The standard InChI is InChI=1S/C17H23N5O2/c1-22-17(20-16(21-22)14-7-9-18-10-8-14)19-15(23)12-24-11-13-5-3-2-4-6-13/h2-6,14,18H,7-12H2,1H3,(H,19,20,21,23). The van der Waals surface area contributed by atoms with Crippen molar-refractivity contribution in [2.45, 2.75) is 25.4 Å². The lowest BCUT2D eigenvalue weighted by atomic mass is 9.98. The van der Waals surface area contributed by atoms with E-state index in [-0.39, 0.29) is 12.5 Å². The van der Waals surface area contributed by atoms with Gasteiger partial charge < -0.3 is 10.1 Å². The smallest absolute Gasteiger partial charge is 0.252 e. The molecule has 2 N–H and O–H groups in total. The van der Waals surface area contributed by atoms with E-state index < -0.39 is 0 Å². The van der Waals surface area contributed by atoms with Gasteiger partial charge in [-0.2, -0.15) is 10.1 Å². The molecule has 0 unspecified atom stereocenters. The predicted molar refractivity (Wildman–Crippen MR) is 90.6 cm³/mol. The van der Waals surface area contributed by atoms with Crippen molar-refractivity contribution >= 4 is 11.9 Å². The second-order valence-corrected chi connectivity index (χ2v) is 5.97. The van der Waals surface area contributed by atoms with Crippen molar-refractivity contribution in [3.8, 4) is 0 Å². The van der Waals surface area contributed by atoms with Crippen LogP contribution in [0.15, 0.2) is 30.3 Å². The van der Waals surface area contributed by atoms with E-state index in [2.05, 4.69) is 20.7 Å². The predicted octanol–water partition coefficient (Wildman–Crippen LogP) is 1.44. The largest absolute Gasteiger partial charge is 0.367 e. The third kappa shape index (κ3) is 4.39. The Balaban J connectivity index is 1.49. The van der Waals surface area contributed by atoms with Crippen LogP contribution in [-0.2, 0) is 23.2 Å². The number of hydrogen-bond acceptors (Lipinski definition) is 5. The minimum atomic E-state index is -0.224. The third-order valence-corrected chi connectivity index (χ3v) is 4.08. The van der Waals surface area contributed by atoms with Crippen LogP contribution in [0.3, 0.4) is 0 Å². The number of nitrogens with one attached hydrogen (secondary N) is 2. The molecule has 0 atom stereocenters. The van der Waals surface area contributed by atoms with E-state index in [1.165, 1.54) is 0 Å². The molecule has 128 valence electrons. The zero-order valence-corrected chi connectivity index (χ0v) is 13.9. The fourth-order valence-electron chi connectivity index (χ4n) is 2.76. The topological polar surface area (TPSA) is 81.1 Å². The van der Waals surface area contributed by atoms with Crippen LogP contribution >= 0.6 is 0 Å². The summed E-state index contributed by atoms with van der Waals surface area (Å²) in [6.07, 6.45) is 2.05. The highest BCUT2D eigenvalue weighted by Gasteiger charge is 2.21. The Morgan fingerprint density at radius 2 is 2.08 bits per heavy atom. The minimum Gasteiger partial charge on any atom is -0.367 e. The van der Waals surface area contributed by atoms with Gasteiger partial charge in [0, 0.05) is 13.0 Å². The van der Waals surface area contributed by atoms with Crippen LogP contribution in [-0.4, -0.2) is 40.4 Å². The van der Waals surface area contributed by atoms with E-state index in [0.717, 1.165) is 37.3 Å². The van der Waals surface area contributed by atoms with Gasteiger partial charge in [0.15, 0.2) is 5.82 Å². The number of rotatable bonds is 6. The summed E-state index contributed by atoms with van der Waals surface area (Å²) in [7, 11) is 1.79. The molecule has 0 aliphatic carbocycles. The quantitative estimate of drug-likeness (QED) is 0.838. The first-order valence-corrected chi connectivity index (χ1v) is 8.25. The Kier molecular flexibility index (Phi) is 5.55. The van der Waals surface area contributed by atoms with E-state index in [1.807, 2.05) is 30.3 Å². The first-order valence-electron chi connectivity index (χ1n) is 8.25. The third-order valence-electron chi connectivity index (χ3n) is 4.08. The van der Waals surface area contributed by atoms with Crippen LogP contribution in [0.1, 0.15) is 30.1 Å². The first-order chi connectivity index (χ1) is 11.7. The number of ether oxygens (including phenoxy) is 1. The summed E-state index contributed by atoms with van der Waals surface area (Å²) in [4.78, 5) is 16.5. The van der Waals surface area contributed by atoms with Gasteiger partial charge in [-0.05, 0) is 31.5 Å². The summed E-state index contributed by atoms with van der Waals surface area (Å²) in [6.45, 7) is 2.37. The summed E-state index contributed by atoms with van der Waals surface area (Å²) in [5.74, 6) is 1.41. The highest BCUT2D eigenvalue weighted by molar-refractivity contribution is 5.90. The van der Waals surface area contributed by atoms with Crippen molar-refractivity contribution < 1.29 is 9.53 Å². The molecule has 24 heavy (non-hydrogen) atoms. The average Bonchev–Trinajstić information content (AvgIpc) is 2.97. The molecule has 1 aromatic carbocycles. The van der Waals surface area contributed by atoms with Gasteiger partial charge in [-0.25, -0.2) is 4.68 Å². The number of carbonyl (C=O) groups excluding carboxylic acids is 1. The lowest BCUT2D eigenvalue weighted by Gasteiger charge is -2.19. The monoisotopic (exact) mass is 329 g/mol. The van der Waals surface area contributed by atoms with Crippen molar-refractivity contribution in [3.63, 3.8) is 0 Å². The molecule has 1 aliphatic rings. The number of anilines is 1. The van der Waals surface area contributed by atoms with Crippen molar-refractivity contribution in [1.29, 1.82) is 0 Å². The maximum atomic E-state index is 12.0. The molecule has 7 nitrogen and oxygen atoms in total. The molecule has 3 rings (SSSR count). The first kappa shape index (κ1) is 16.6. The molecule has 1 amide bonds. The number of carbonyl (C=O) groups is 1. The number of aryl methyl sites for hydroxylation is 1. The fraction of sp³-hybridized carbons (Fsp3) is 0.471. The summed E-state index contributed by atoms with van der Waals surface area (Å²) in [5, 5.41) is 10.5. The van der Waals surface area contributed by atoms with E-state index in [1.54, 1.807) is 11.7 Å². The SMILES string of the molecule is Cn1nc(C2CCNCC2)nc1NC(=O)COCc1ccccc1. The fourth-order valence-corrected chi connectivity index (χ4v) is 2.76. The molecular formula is C17H23N5O2. The molecule has 0 radical (unpaired) electrons. The Labute approximate surface area is 141 Å². The van der Waals surface area contributed by atoms with E-state index in [9.17, 15) is 4.79 Å². The van der Waals surface area contributed by atoms with Gasteiger partial charge in [-0.1, -0.05) is 30.3 Å². The van der Waals surface area contributed by atoms with Crippen molar-refractivity contribution in [2.24, 2.45) is 7.05 Å². The Morgan fingerprint density at radius 3 is 2.83 bits per heavy atom. The molecule has 1 aromatic heterocycles. The van der Waals surface area contributed by atoms with Gasteiger partial charge in [0.1, 0.15) is 6.61 Å². The maximum Gasteiger partial charge on any atom is 0.252 e. The zero-order valence-electron chi connectivity index (χ0n) is 13.9. The zero-order chi connectivity index (χ0) is 16.8. The number of aromatic nitrogens is 3. The number of hydrogen-bond donors (Lipinski definition) is 2. The second kappa shape index (κ2) is 8.03. The Hall–Kier alpha value is -2.25. The lowest BCUT2D eigenvalue weighted by molar-refractivity contribution is -0.121. The maximum absolute atomic E-state index is 12.0. The number of amides is 1. The summed E-state index contributed by atoms with van der Waals surface area (Å²) >= 11 is 0. The van der Waals surface area contributed by atoms with Gasteiger partial charge in [-0.3, -0.25) is 10.1 Å². The number of benzene rings is 1. The summed E-state index contributed by atoms with van der Waals surface area (Å²) < 4.78 is 7.06. The molecular weight excluding hydrogens is 306 g/mol. The van der Waals surface area contributed by atoms with Crippen LogP contribution in [0.4, 0.5) is 5.95 Å². The molecule has 1 fully saturated rings. The summed E-state index contributed by atoms with van der Waals surface area (Å²) in [6, 6.07) is 9.77. The van der Waals surface area contributed by atoms with Crippen LogP contribution in [0.5, 0.6) is 0 Å². The van der Waals surface area contributed by atoms with Crippen LogP contribution in [0.25, 0.3) is 0 Å². The van der Waals surface area contributed by atoms with Gasteiger partial charge in [0.25, 0.3) is 5.91 Å². The number of piperidine rings is 1. The van der Waals surface area contributed by atoms with Crippen LogP contribution in [0, 0.1) is 0 Å². The van der Waals surface area contributed by atoms with Crippen LogP contribution in [0.2, 0.25) is 0 Å². The minimum absolute atomic E-state index is 0.00949. The summed E-state index contributed by atoms with van der Waals surface area (Å²) in [5.41, 5.74) is 1.04. The highest BCUT2D eigenvalue weighted by atomic mass is 16.5. The molecule has 1 aliphatic heterocycles. The van der Waals surface area contributed by atoms with Gasteiger partial charge in [0.2, 0.25) is 5.95 Å². The molecule has 0 bridgehead atoms. The van der Waals surface area contributed by atoms with Crippen molar-refractivity contribution in [2.75, 3.05) is 25.0 Å². The average molecular weight is 329 g/mol. The second-order valence-electron chi connectivity index (χ2n) is 5.97. The normalized spacial score (nSPS) is 15.4. The molecule has 2 aromatic rings. The van der Waals surface area contributed by atoms with E-state index in [4.69, 9.17) is 4.74 Å². The molecule has 7 heteroatoms. The molecule has 1 saturated heterocycles. The van der Waals surface area contributed by atoms with Crippen LogP contribution < -0.4 is 10.6 Å². The van der Waals surface area contributed by atoms with Crippen molar-refractivity contribution in [1.82, 2.24) is 20.1 Å². The van der Waals surface area contributed by atoms with Gasteiger partial charge in [0.05, 0.1) is 6.61 Å². The van der Waals surface area contributed by atoms with Crippen molar-refractivity contribution in [3.05, 3.63) is 41.7 Å². The molecule has 2 heterocycles. The van der Waals surface area contributed by atoms with E-state index in [0.29, 0.717) is 18.5 Å². The van der Waals surface area contributed by atoms with E-state index >= 15 is 0 Å². The molecule has 0 spiro atoms. The molecule has 0 saturated carbocycles. The number of nitrogens with zero attached hydrogens (tertiary/aromatic N) is 3.